The number of benzene rings is 4. The topological polar surface area (TPSA) is 95.4 Å². The van der Waals surface area contributed by atoms with Crippen molar-refractivity contribution < 1.29 is 19.8 Å². The summed E-state index contributed by atoms with van der Waals surface area (Å²) in [5.74, 6) is -2.45. The summed E-state index contributed by atoms with van der Waals surface area (Å²) >= 11 is 10.1. The quantitative estimate of drug-likeness (QED) is 0.0209. The molecule has 0 amide bonds. The van der Waals surface area contributed by atoms with Crippen LogP contribution in [0.1, 0.15) is 188 Å². The molecule has 0 atom stereocenters. The summed E-state index contributed by atoms with van der Waals surface area (Å²) in [6, 6.07) is 53.2. The standard InChI is InChI=1S/C83H85N3O4S6/c1-7-9-11-13-14-15-16-17-18-19-20-21-22-23-24-25-27-55-29-41-64-65-42-38-61(51-68(65)83(3,4)67(64)49-55)86-60-36-34-58(35-37-60)78-54-66(80(96-78)76-48-46-74(94-76)72-44-40-63(92-72)53-70(85-6)82(89)90)56-30-32-57(33-31-56)77-50-59(28-26-12-10-8-2)79(95-77)75-47-45-73(93-75)71-43-39-62(91-71)52-69(84-5)81(87)88/h29-54,86H,7-28H2,1-4H3,(H,87,88)(H,89,90)/b69-52-,70-53-. The van der Waals surface area contributed by atoms with Crippen molar-refractivity contribution in [2.75, 3.05) is 5.32 Å². The summed E-state index contributed by atoms with van der Waals surface area (Å²) in [6.07, 6.45) is 31.9. The number of rotatable bonds is 35. The first-order chi connectivity index (χ1) is 46.8. The van der Waals surface area contributed by atoms with Gasteiger partial charge in [-0.3, -0.25) is 9.59 Å². The maximum Gasteiger partial charge on any atom is 0.333 e. The summed E-state index contributed by atoms with van der Waals surface area (Å²) in [7, 11) is 0. The molecule has 0 radical (unpaired) electrons. The van der Waals surface area contributed by atoms with Gasteiger partial charge in [0.25, 0.3) is 11.4 Å². The molecule has 1 aliphatic rings. The van der Waals surface area contributed by atoms with E-state index in [-0.39, 0.29) is 16.8 Å². The first-order valence-electron chi connectivity index (χ1n) is 34.4. The van der Waals surface area contributed by atoms with E-state index >= 15 is 0 Å². The lowest BCUT2D eigenvalue weighted by atomic mass is 9.81. The minimum absolute atomic E-state index is 0.110. The number of unbranched alkanes of at least 4 members (excludes halogenated alkanes) is 18. The molecule has 0 saturated heterocycles. The van der Waals surface area contributed by atoms with Crippen molar-refractivity contribution in [3.63, 3.8) is 0 Å². The van der Waals surface area contributed by atoms with E-state index in [4.69, 9.17) is 13.1 Å². The van der Waals surface area contributed by atoms with E-state index < -0.39 is 11.9 Å². The predicted molar refractivity (Wildman–Crippen MR) is 415 cm³/mol. The Kier molecular flexibility index (Phi) is 24.3. The highest BCUT2D eigenvalue weighted by Gasteiger charge is 2.36. The highest BCUT2D eigenvalue weighted by Crippen LogP contribution is 2.52. The molecule has 0 spiro atoms. The molecule has 6 heterocycles. The van der Waals surface area contributed by atoms with Crippen molar-refractivity contribution >= 4 is 103 Å². The molecule has 0 saturated carbocycles. The van der Waals surface area contributed by atoms with Crippen LogP contribution in [0.15, 0.2) is 157 Å². The van der Waals surface area contributed by atoms with E-state index in [0.29, 0.717) is 0 Å². The maximum absolute atomic E-state index is 11.7. The number of aliphatic carboxylic acids is 2. The molecule has 1 aliphatic carbocycles. The first kappa shape index (κ1) is 69.6. The lowest BCUT2D eigenvalue weighted by Crippen LogP contribution is -2.15. The molecule has 492 valence electrons. The maximum atomic E-state index is 11.7. The van der Waals surface area contributed by atoms with Gasteiger partial charge in [0.15, 0.2) is 0 Å². The molecule has 7 nitrogen and oxygen atoms in total. The summed E-state index contributed by atoms with van der Waals surface area (Å²) in [4.78, 5) is 42.6. The molecular formula is C83H85N3O4S6. The Labute approximate surface area is 592 Å². The summed E-state index contributed by atoms with van der Waals surface area (Å²) in [5, 5.41) is 22.8. The number of carboxylic acid groups (broad SMARTS) is 2. The molecule has 96 heavy (non-hydrogen) atoms. The number of hydrogen-bond donors (Lipinski definition) is 3. The Morgan fingerprint density at radius 3 is 1.36 bits per heavy atom. The van der Waals surface area contributed by atoms with E-state index in [1.165, 1.54) is 210 Å². The Balaban J connectivity index is 0.785. The van der Waals surface area contributed by atoms with Gasteiger partial charge in [-0.15, -0.1) is 68.0 Å². The van der Waals surface area contributed by atoms with Gasteiger partial charge in [0.2, 0.25) is 0 Å². The van der Waals surface area contributed by atoms with E-state index in [9.17, 15) is 19.8 Å². The zero-order valence-corrected chi connectivity index (χ0v) is 60.5. The van der Waals surface area contributed by atoms with Gasteiger partial charge >= 0.3 is 11.9 Å². The van der Waals surface area contributed by atoms with Gasteiger partial charge in [0.1, 0.15) is 0 Å². The highest BCUT2D eigenvalue weighted by molar-refractivity contribution is 7.28. The number of thiophene rings is 6. The van der Waals surface area contributed by atoms with Crippen LogP contribution in [0.2, 0.25) is 0 Å². The molecule has 11 rings (SSSR count). The molecule has 6 aromatic heterocycles. The van der Waals surface area contributed by atoms with Crippen LogP contribution in [-0.4, -0.2) is 22.2 Å². The summed E-state index contributed by atoms with van der Waals surface area (Å²) in [5.41, 5.74) is 14.3. The van der Waals surface area contributed by atoms with Gasteiger partial charge < -0.3 is 15.5 Å². The van der Waals surface area contributed by atoms with Crippen LogP contribution < -0.4 is 5.32 Å². The molecule has 0 aliphatic heterocycles. The number of carboxylic acids is 2. The van der Waals surface area contributed by atoms with Crippen molar-refractivity contribution in [3.8, 4) is 82.2 Å². The molecule has 10 aromatic rings. The second kappa shape index (κ2) is 33.5. The molecule has 0 fully saturated rings. The second-order valence-corrected chi connectivity index (χ2v) is 32.4. The summed E-state index contributed by atoms with van der Waals surface area (Å²) < 4.78 is 0. The Bertz CT molecular complexity index is 4450. The lowest BCUT2D eigenvalue weighted by molar-refractivity contribution is -0.133. The van der Waals surface area contributed by atoms with Crippen LogP contribution in [0.25, 0.3) is 104 Å². The minimum atomic E-state index is -1.23. The molecule has 13 heteroatoms. The number of fused-ring (bicyclic) bond motifs is 3. The average Bonchev–Trinajstić information content (AvgIpc) is 1.58. The van der Waals surface area contributed by atoms with Gasteiger partial charge in [0, 0.05) is 76.0 Å². The lowest BCUT2D eigenvalue weighted by Gasteiger charge is -2.23. The van der Waals surface area contributed by atoms with Crippen molar-refractivity contribution in [1.82, 2.24) is 0 Å². The predicted octanol–water partition coefficient (Wildman–Crippen LogP) is 27.4. The fourth-order valence-electron chi connectivity index (χ4n) is 13.1. The van der Waals surface area contributed by atoms with Gasteiger partial charge in [0.05, 0.1) is 18.0 Å². The van der Waals surface area contributed by atoms with E-state index in [0.717, 1.165) is 91.9 Å². The van der Waals surface area contributed by atoms with E-state index in [2.05, 4.69) is 164 Å². The van der Waals surface area contributed by atoms with Crippen LogP contribution in [0, 0.1) is 13.1 Å². The Morgan fingerprint density at radius 2 is 0.823 bits per heavy atom. The van der Waals surface area contributed by atoms with Crippen molar-refractivity contribution in [1.29, 1.82) is 0 Å². The third-order valence-electron chi connectivity index (χ3n) is 18.5. The van der Waals surface area contributed by atoms with E-state index in [1.54, 1.807) is 34.0 Å². The molecule has 3 N–H and O–H groups in total. The SMILES string of the molecule is [C-]#[N+]/C(=C\c1ccc(-c2ccc(-c3sc(-c4ccc(-c5cc(-c6ccc(Nc7ccc8c(c7)C(C)(C)c7cc(CCCCCCCCCCCCCCCCCC)ccc7-8)cc6)sc5-c5ccc(-c6ccc(/C=C(\[N+]#[C-])C(=O)O)s6)s5)cc4)cc3CCCCCC)s2)s1)C(=O)O. The van der Waals surface area contributed by atoms with E-state index in [1.807, 2.05) is 35.6 Å². The van der Waals surface area contributed by atoms with Gasteiger partial charge in [-0.2, -0.15) is 0 Å². The van der Waals surface area contributed by atoms with Gasteiger partial charge in [-0.25, -0.2) is 9.69 Å². The normalized spacial score (nSPS) is 12.6. The summed E-state index contributed by atoms with van der Waals surface area (Å²) in [6.45, 7) is 24.0. The van der Waals surface area contributed by atoms with Gasteiger partial charge in [-0.05, 0) is 173 Å². The molecular weight excluding hydrogens is 1300 g/mol. The Morgan fingerprint density at radius 1 is 0.406 bits per heavy atom. The van der Waals surface area contributed by atoms with Crippen LogP contribution in [0.3, 0.4) is 0 Å². The van der Waals surface area contributed by atoms with Crippen LogP contribution in [-0.2, 0) is 27.8 Å². The number of nitrogens with zero attached hydrogens (tertiary/aromatic N) is 2. The zero-order chi connectivity index (χ0) is 67.0. The number of anilines is 2. The molecule has 0 unspecified atom stereocenters. The van der Waals surface area contributed by atoms with Crippen LogP contribution >= 0.6 is 68.0 Å². The molecule has 4 aromatic carbocycles. The third-order valence-corrected chi connectivity index (χ3v) is 25.9. The van der Waals surface area contributed by atoms with Crippen molar-refractivity contribution in [3.05, 3.63) is 212 Å². The van der Waals surface area contributed by atoms with Crippen LogP contribution in [0.5, 0.6) is 0 Å². The monoisotopic (exact) mass is 1380 g/mol. The fourth-order valence-corrected chi connectivity index (χ4v) is 19.8. The average molecular weight is 1380 g/mol. The smallest absolute Gasteiger partial charge is 0.333 e. The zero-order valence-electron chi connectivity index (χ0n) is 55.6. The highest BCUT2D eigenvalue weighted by atomic mass is 32.1. The minimum Gasteiger partial charge on any atom is -0.486 e. The largest absolute Gasteiger partial charge is 0.486 e. The Hall–Kier alpha value is -7.72. The number of hydrogen-bond acceptors (Lipinski definition) is 9. The third kappa shape index (κ3) is 17.3. The molecule has 0 bridgehead atoms. The first-order valence-corrected chi connectivity index (χ1v) is 39.3. The van der Waals surface area contributed by atoms with Gasteiger partial charge in [-0.1, -0.05) is 204 Å². The number of nitrogens with one attached hydrogen (secondary N) is 1. The van der Waals surface area contributed by atoms with Crippen molar-refractivity contribution in [2.24, 2.45) is 0 Å². The van der Waals surface area contributed by atoms with Crippen molar-refractivity contribution in [2.45, 2.75) is 174 Å². The fraction of sp³-hybridized carbons (Fsp3) is 0.325. The number of carbonyl (C=O) groups is 2. The number of aryl methyl sites for hydroxylation is 2. The van der Waals surface area contributed by atoms with Crippen LogP contribution in [0.4, 0.5) is 11.4 Å². The second-order valence-electron chi connectivity index (χ2n) is 25.9.